The van der Waals surface area contributed by atoms with Crippen LogP contribution in [0.5, 0.6) is 11.5 Å². The molecule has 1 N–H and O–H groups in total. The molecule has 23 heavy (non-hydrogen) atoms. The van der Waals surface area contributed by atoms with Gasteiger partial charge in [-0.25, -0.2) is 0 Å². The first kappa shape index (κ1) is 17.1. The largest absolute Gasteiger partial charge is 0.493 e. The molecule has 6 nitrogen and oxygen atoms in total. The van der Waals surface area contributed by atoms with Gasteiger partial charge < -0.3 is 14.8 Å². The van der Waals surface area contributed by atoms with Crippen LogP contribution in [0.1, 0.15) is 5.56 Å². The fourth-order valence-corrected chi connectivity index (χ4v) is 2.20. The van der Waals surface area contributed by atoms with Crippen LogP contribution in [0.15, 0.2) is 28.4 Å². The Balaban J connectivity index is 2.05. The number of thioether (sulfide) groups is 1. The van der Waals surface area contributed by atoms with Gasteiger partial charge in [0.1, 0.15) is 0 Å². The Morgan fingerprint density at radius 3 is 2.78 bits per heavy atom. The van der Waals surface area contributed by atoms with Crippen molar-refractivity contribution in [3.63, 3.8) is 0 Å². The molecule has 0 atom stereocenters. The Morgan fingerprint density at radius 1 is 1.39 bits per heavy atom. The lowest BCUT2D eigenvalue weighted by atomic mass is 10.2. The SMILES string of the molecule is COc1cc(C=NN=C2NC(=O)CS2)ccc1OCC(F)(F)F. The fraction of sp³-hybridized carbons (Fsp3) is 0.308. The number of benzene rings is 1. The molecule has 124 valence electrons. The second-order valence-corrected chi connectivity index (χ2v) is 5.26. The highest BCUT2D eigenvalue weighted by molar-refractivity contribution is 8.15. The lowest BCUT2D eigenvalue weighted by molar-refractivity contribution is -0.153. The summed E-state index contributed by atoms with van der Waals surface area (Å²) < 4.78 is 46.2. The zero-order chi connectivity index (χ0) is 16.9. The second kappa shape index (κ2) is 7.36. The predicted molar refractivity (Wildman–Crippen MR) is 80.2 cm³/mol. The average Bonchev–Trinajstić information content (AvgIpc) is 2.90. The van der Waals surface area contributed by atoms with Gasteiger partial charge in [0.2, 0.25) is 5.91 Å². The number of rotatable bonds is 5. The lowest BCUT2D eigenvalue weighted by Crippen LogP contribution is -2.19. The molecule has 1 amide bonds. The van der Waals surface area contributed by atoms with Gasteiger partial charge in [0.15, 0.2) is 23.3 Å². The van der Waals surface area contributed by atoms with Gasteiger partial charge in [-0.05, 0) is 23.8 Å². The molecule has 0 aliphatic carbocycles. The van der Waals surface area contributed by atoms with Gasteiger partial charge in [-0.1, -0.05) is 11.8 Å². The normalized spacial score (nSPS) is 16.9. The third-order valence-corrected chi connectivity index (χ3v) is 3.38. The molecule has 0 spiro atoms. The quantitative estimate of drug-likeness (QED) is 0.655. The summed E-state index contributed by atoms with van der Waals surface area (Å²) in [5.74, 6) is 0.283. The van der Waals surface area contributed by atoms with E-state index in [0.717, 1.165) is 0 Å². The fourth-order valence-electron chi connectivity index (χ4n) is 1.57. The maximum absolute atomic E-state index is 12.2. The number of nitrogens with one attached hydrogen (secondary N) is 1. The molecule has 1 saturated heterocycles. The summed E-state index contributed by atoms with van der Waals surface area (Å²) in [6, 6.07) is 4.33. The average molecular weight is 347 g/mol. The molecule has 0 aromatic heterocycles. The van der Waals surface area contributed by atoms with E-state index in [1.165, 1.54) is 43.3 Å². The van der Waals surface area contributed by atoms with Crippen LogP contribution in [-0.2, 0) is 4.79 Å². The number of nitrogens with zero attached hydrogens (tertiary/aromatic N) is 2. The van der Waals surface area contributed by atoms with Crippen LogP contribution in [0.25, 0.3) is 0 Å². The molecule has 0 radical (unpaired) electrons. The Hall–Kier alpha value is -2.23. The first-order chi connectivity index (χ1) is 10.9. The summed E-state index contributed by atoms with van der Waals surface area (Å²) in [4.78, 5) is 11.0. The van der Waals surface area contributed by atoms with Crippen LogP contribution in [0.3, 0.4) is 0 Å². The summed E-state index contributed by atoms with van der Waals surface area (Å²) in [7, 11) is 1.32. The van der Waals surface area contributed by atoms with E-state index in [0.29, 0.717) is 16.5 Å². The number of alkyl halides is 3. The molecular weight excluding hydrogens is 335 g/mol. The van der Waals surface area contributed by atoms with Gasteiger partial charge in [0.05, 0.1) is 19.1 Å². The van der Waals surface area contributed by atoms with Crippen molar-refractivity contribution in [1.29, 1.82) is 0 Å². The van der Waals surface area contributed by atoms with Crippen LogP contribution >= 0.6 is 11.8 Å². The van der Waals surface area contributed by atoms with E-state index in [9.17, 15) is 18.0 Å². The van der Waals surface area contributed by atoms with Crippen LogP contribution in [0, 0.1) is 0 Å². The molecule has 1 aliphatic rings. The van der Waals surface area contributed by atoms with E-state index >= 15 is 0 Å². The number of hydrogen-bond donors (Lipinski definition) is 1. The molecule has 1 heterocycles. The number of hydrogen-bond acceptors (Lipinski definition) is 6. The number of carbonyl (C=O) groups excluding carboxylic acids is 1. The number of methoxy groups -OCH3 is 1. The maximum Gasteiger partial charge on any atom is 0.422 e. The van der Waals surface area contributed by atoms with Crippen molar-refractivity contribution in [3.8, 4) is 11.5 Å². The maximum atomic E-state index is 12.2. The standard InChI is InChI=1S/C13H12F3N3O3S/c1-21-10-4-8(2-3-9(10)22-7-13(14,15)16)5-17-19-12-18-11(20)6-23-12/h2-5H,6-7H2,1H3,(H,18,19,20). The van der Waals surface area contributed by atoms with Gasteiger partial charge in [-0.15, -0.1) is 5.10 Å². The van der Waals surface area contributed by atoms with Crippen LogP contribution in [0.2, 0.25) is 0 Å². The van der Waals surface area contributed by atoms with Crippen molar-refractivity contribution >= 4 is 29.1 Å². The molecule has 1 aromatic carbocycles. The highest BCUT2D eigenvalue weighted by Crippen LogP contribution is 2.29. The number of amidine groups is 1. The van der Waals surface area contributed by atoms with Crippen molar-refractivity contribution in [2.45, 2.75) is 6.18 Å². The minimum Gasteiger partial charge on any atom is -0.493 e. The van der Waals surface area contributed by atoms with Crippen molar-refractivity contribution in [1.82, 2.24) is 5.32 Å². The Labute approximate surface area is 133 Å². The van der Waals surface area contributed by atoms with E-state index in [-0.39, 0.29) is 17.4 Å². The third kappa shape index (κ3) is 5.47. The van der Waals surface area contributed by atoms with Gasteiger partial charge in [-0.2, -0.15) is 18.3 Å². The highest BCUT2D eigenvalue weighted by atomic mass is 32.2. The van der Waals surface area contributed by atoms with Crippen LogP contribution < -0.4 is 14.8 Å². The van der Waals surface area contributed by atoms with E-state index in [4.69, 9.17) is 4.74 Å². The monoisotopic (exact) mass is 347 g/mol. The van der Waals surface area contributed by atoms with Crippen LogP contribution in [-0.4, -0.2) is 42.9 Å². The van der Waals surface area contributed by atoms with Gasteiger partial charge in [0, 0.05) is 0 Å². The molecule has 1 aromatic rings. The van der Waals surface area contributed by atoms with Gasteiger partial charge >= 0.3 is 6.18 Å². The molecule has 1 aliphatic heterocycles. The summed E-state index contributed by atoms with van der Waals surface area (Å²) in [6.45, 7) is -1.40. The first-order valence-electron chi connectivity index (χ1n) is 6.28. The van der Waals surface area contributed by atoms with E-state index < -0.39 is 12.8 Å². The topological polar surface area (TPSA) is 72.3 Å². The summed E-state index contributed by atoms with van der Waals surface area (Å²) >= 11 is 1.23. The highest BCUT2D eigenvalue weighted by Gasteiger charge is 2.29. The van der Waals surface area contributed by atoms with E-state index in [2.05, 4.69) is 20.3 Å². The van der Waals surface area contributed by atoms with Crippen molar-refractivity contribution in [2.24, 2.45) is 10.2 Å². The summed E-state index contributed by atoms with van der Waals surface area (Å²) in [5.41, 5.74) is 0.555. The van der Waals surface area contributed by atoms with Crippen molar-refractivity contribution in [3.05, 3.63) is 23.8 Å². The molecule has 0 unspecified atom stereocenters. The molecule has 0 bridgehead atoms. The first-order valence-corrected chi connectivity index (χ1v) is 7.27. The molecule has 1 fully saturated rings. The lowest BCUT2D eigenvalue weighted by Gasteiger charge is -2.12. The number of carbonyl (C=O) groups is 1. The minimum atomic E-state index is -4.43. The zero-order valence-electron chi connectivity index (χ0n) is 11.9. The Kier molecular flexibility index (Phi) is 5.48. The second-order valence-electron chi connectivity index (χ2n) is 4.30. The summed E-state index contributed by atoms with van der Waals surface area (Å²) in [6.07, 6.45) is -3.04. The van der Waals surface area contributed by atoms with Crippen molar-refractivity contribution in [2.75, 3.05) is 19.5 Å². The van der Waals surface area contributed by atoms with E-state index in [1.54, 1.807) is 0 Å². The Morgan fingerprint density at radius 2 is 2.17 bits per heavy atom. The molecule has 0 saturated carbocycles. The van der Waals surface area contributed by atoms with E-state index in [1.807, 2.05) is 0 Å². The molecular formula is C13H12F3N3O3S. The Bertz CT molecular complexity index is 647. The zero-order valence-corrected chi connectivity index (χ0v) is 12.7. The smallest absolute Gasteiger partial charge is 0.422 e. The minimum absolute atomic E-state index is 0.0214. The number of halogens is 3. The molecule has 2 rings (SSSR count). The number of ether oxygens (including phenoxy) is 2. The third-order valence-electron chi connectivity index (χ3n) is 2.52. The van der Waals surface area contributed by atoms with Gasteiger partial charge in [-0.3, -0.25) is 4.79 Å². The molecule has 10 heteroatoms. The van der Waals surface area contributed by atoms with Crippen molar-refractivity contribution < 1.29 is 27.4 Å². The van der Waals surface area contributed by atoms with Gasteiger partial charge in [0.25, 0.3) is 0 Å². The predicted octanol–water partition coefficient (Wildman–Crippen LogP) is 2.19. The summed E-state index contributed by atoms with van der Waals surface area (Å²) in [5, 5.41) is 10.5. The van der Waals surface area contributed by atoms with Crippen LogP contribution in [0.4, 0.5) is 13.2 Å². The number of amides is 1.